The van der Waals surface area contributed by atoms with Crippen LogP contribution in [-0.2, 0) is 0 Å². The first-order valence-corrected chi connectivity index (χ1v) is 8.68. The molecule has 1 aromatic rings. The lowest BCUT2D eigenvalue weighted by Gasteiger charge is -2.36. The number of guanidine groups is 1. The highest BCUT2D eigenvalue weighted by Gasteiger charge is 2.31. The van der Waals surface area contributed by atoms with Crippen LogP contribution in [0.3, 0.4) is 0 Å². The summed E-state index contributed by atoms with van der Waals surface area (Å²) < 4.78 is 16.1. The highest BCUT2D eigenvalue weighted by Crippen LogP contribution is 2.38. The highest BCUT2D eigenvalue weighted by atomic mass is 16.5. The molecular formula is C18H26N4O4. The van der Waals surface area contributed by atoms with E-state index in [9.17, 15) is 4.79 Å². The van der Waals surface area contributed by atoms with Crippen molar-refractivity contribution in [1.29, 1.82) is 0 Å². The fraction of sp³-hybridized carbons (Fsp3) is 0.556. The van der Waals surface area contributed by atoms with Crippen molar-refractivity contribution in [1.82, 2.24) is 14.7 Å². The Morgan fingerprint density at radius 1 is 0.962 bits per heavy atom. The van der Waals surface area contributed by atoms with Crippen LogP contribution in [0.4, 0.5) is 0 Å². The number of piperazine rings is 1. The Morgan fingerprint density at radius 3 is 2.12 bits per heavy atom. The summed E-state index contributed by atoms with van der Waals surface area (Å²) in [5.41, 5.74) is 0.489. The predicted molar refractivity (Wildman–Crippen MR) is 98.5 cm³/mol. The highest BCUT2D eigenvalue weighted by molar-refractivity contribution is 6.07. The van der Waals surface area contributed by atoms with Crippen LogP contribution in [-0.4, -0.2) is 94.2 Å². The second kappa shape index (κ2) is 7.82. The number of carbonyl (C=O) groups excluding carboxylic acids is 1. The Labute approximate surface area is 153 Å². The summed E-state index contributed by atoms with van der Waals surface area (Å²) >= 11 is 0. The molecular weight excluding hydrogens is 336 g/mol. The molecule has 8 nitrogen and oxygen atoms in total. The van der Waals surface area contributed by atoms with Gasteiger partial charge in [-0.05, 0) is 19.2 Å². The van der Waals surface area contributed by atoms with Gasteiger partial charge < -0.3 is 24.0 Å². The average Bonchev–Trinajstić information content (AvgIpc) is 3.16. The monoisotopic (exact) mass is 362 g/mol. The van der Waals surface area contributed by atoms with Crippen LogP contribution in [0.2, 0.25) is 0 Å². The lowest BCUT2D eigenvalue weighted by atomic mass is 10.1. The fourth-order valence-electron chi connectivity index (χ4n) is 3.27. The third kappa shape index (κ3) is 3.41. The summed E-state index contributed by atoms with van der Waals surface area (Å²) in [6.45, 7) is 4.87. The van der Waals surface area contributed by atoms with E-state index >= 15 is 0 Å². The molecule has 0 aliphatic carbocycles. The normalized spacial score (nSPS) is 17.9. The van der Waals surface area contributed by atoms with Crippen LogP contribution in [0.15, 0.2) is 17.1 Å². The zero-order valence-corrected chi connectivity index (χ0v) is 15.8. The second-order valence-corrected chi connectivity index (χ2v) is 6.34. The van der Waals surface area contributed by atoms with Crippen molar-refractivity contribution in [3.63, 3.8) is 0 Å². The van der Waals surface area contributed by atoms with Crippen LogP contribution in [0.1, 0.15) is 10.4 Å². The van der Waals surface area contributed by atoms with Gasteiger partial charge in [-0.15, -0.1) is 0 Å². The van der Waals surface area contributed by atoms with E-state index in [4.69, 9.17) is 14.2 Å². The minimum Gasteiger partial charge on any atom is -0.493 e. The molecule has 0 saturated carbocycles. The summed E-state index contributed by atoms with van der Waals surface area (Å²) in [5.74, 6) is 2.05. The molecule has 0 N–H and O–H groups in total. The van der Waals surface area contributed by atoms with E-state index in [1.807, 2.05) is 0 Å². The van der Waals surface area contributed by atoms with Crippen molar-refractivity contribution in [2.24, 2.45) is 4.99 Å². The number of ether oxygens (including phenoxy) is 3. The maximum absolute atomic E-state index is 13.2. The number of methoxy groups -OCH3 is 3. The third-order valence-electron chi connectivity index (χ3n) is 4.76. The summed E-state index contributed by atoms with van der Waals surface area (Å²) in [4.78, 5) is 23.9. The molecule has 2 aliphatic rings. The zero-order chi connectivity index (χ0) is 18.7. The standard InChI is InChI=1S/C18H26N4O4/c1-20-7-9-21(10-8-20)18-19-5-6-22(18)17(23)13-11-14(24-2)16(26-4)15(12-13)25-3/h11-12H,5-10H2,1-4H3. The second-order valence-electron chi connectivity index (χ2n) is 6.34. The number of nitrogens with zero attached hydrogens (tertiary/aromatic N) is 4. The van der Waals surface area contributed by atoms with Crippen LogP contribution >= 0.6 is 0 Å². The Kier molecular flexibility index (Phi) is 5.51. The van der Waals surface area contributed by atoms with Gasteiger partial charge >= 0.3 is 0 Å². The predicted octanol–water partition coefficient (Wildman–Crippen LogP) is 0.772. The molecule has 26 heavy (non-hydrogen) atoms. The Bertz CT molecular complexity index is 673. The molecule has 142 valence electrons. The van der Waals surface area contributed by atoms with E-state index in [-0.39, 0.29) is 5.91 Å². The molecule has 0 aromatic heterocycles. The summed E-state index contributed by atoms with van der Waals surface area (Å²) in [5, 5.41) is 0. The number of aliphatic imine (C=N–C) groups is 1. The first-order chi connectivity index (χ1) is 12.6. The number of rotatable bonds is 4. The van der Waals surface area contributed by atoms with Crippen LogP contribution in [0.5, 0.6) is 17.2 Å². The molecule has 0 radical (unpaired) electrons. The Balaban J connectivity index is 1.85. The number of hydrogen-bond acceptors (Lipinski definition) is 7. The summed E-state index contributed by atoms with van der Waals surface area (Å²) in [6.07, 6.45) is 0. The number of carbonyl (C=O) groups is 1. The minimum absolute atomic E-state index is 0.112. The molecule has 2 heterocycles. The van der Waals surface area contributed by atoms with Gasteiger partial charge in [-0.1, -0.05) is 0 Å². The molecule has 0 atom stereocenters. The van der Waals surface area contributed by atoms with Gasteiger partial charge in [0.15, 0.2) is 11.5 Å². The average molecular weight is 362 g/mol. The molecule has 8 heteroatoms. The number of likely N-dealkylation sites (N-methyl/N-ethyl adjacent to an activating group) is 1. The molecule has 0 unspecified atom stereocenters. The number of hydrogen-bond donors (Lipinski definition) is 0. The van der Waals surface area contributed by atoms with Crippen molar-refractivity contribution in [2.75, 3.05) is 67.6 Å². The first-order valence-electron chi connectivity index (χ1n) is 8.68. The van der Waals surface area contributed by atoms with Crippen LogP contribution < -0.4 is 14.2 Å². The van der Waals surface area contributed by atoms with Crippen molar-refractivity contribution in [2.45, 2.75) is 0 Å². The van der Waals surface area contributed by atoms with E-state index in [0.29, 0.717) is 35.9 Å². The van der Waals surface area contributed by atoms with E-state index in [0.717, 1.165) is 32.1 Å². The van der Waals surface area contributed by atoms with Gasteiger partial charge in [0.25, 0.3) is 5.91 Å². The topological polar surface area (TPSA) is 66.8 Å². The molecule has 1 saturated heterocycles. The third-order valence-corrected chi connectivity index (χ3v) is 4.76. The smallest absolute Gasteiger partial charge is 0.260 e. The molecule has 3 rings (SSSR count). The van der Waals surface area contributed by atoms with Gasteiger partial charge in [-0.2, -0.15) is 0 Å². The molecule has 0 spiro atoms. The Morgan fingerprint density at radius 2 is 1.58 bits per heavy atom. The zero-order valence-electron chi connectivity index (χ0n) is 15.8. The first kappa shape index (κ1) is 18.3. The van der Waals surface area contributed by atoms with Crippen molar-refractivity contribution >= 4 is 11.9 Å². The van der Waals surface area contributed by atoms with E-state index < -0.39 is 0 Å². The van der Waals surface area contributed by atoms with Crippen LogP contribution in [0, 0.1) is 0 Å². The van der Waals surface area contributed by atoms with Gasteiger partial charge in [0.05, 0.1) is 27.9 Å². The summed E-state index contributed by atoms with van der Waals surface area (Å²) in [7, 11) is 6.73. The maximum Gasteiger partial charge on any atom is 0.260 e. The lowest BCUT2D eigenvalue weighted by Crippen LogP contribution is -2.52. The SMILES string of the molecule is COc1cc(C(=O)N2CCN=C2N2CCN(C)CC2)cc(OC)c1OC. The van der Waals surface area contributed by atoms with E-state index in [1.165, 1.54) is 0 Å². The van der Waals surface area contributed by atoms with Gasteiger partial charge in [0, 0.05) is 38.3 Å². The quantitative estimate of drug-likeness (QED) is 0.788. The van der Waals surface area contributed by atoms with Crippen molar-refractivity contribution in [3.05, 3.63) is 17.7 Å². The molecule has 0 bridgehead atoms. The number of amides is 1. The molecule has 1 aromatic carbocycles. The Hall–Kier alpha value is -2.48. The molecule has 1 fully saturated rings. The van der Waals surface area contributed by atoms with Gasteiger partial charge in [0.2, 0.25) is 11.7 Å². The maximum atomic E-state index is 13.2. The van der Waals surface area contributed by atoms with Crippen molar-refractivity contribution in [3.8, 4) is 17.2 Å². The lowest BCUT2D eigenvalue weighted by molar-refractivity contribution is 0.0835. The van der Waals surface area contributed by atoms with Crippen LogP contribution in [0.25, 0.3) is 0 Å². The minimum atomic E-state index is -0.112. The van der Waals surface area contributed by atoms with E-state index in [2.05, 4.69) is 21.8 Å². The van der Waals surface area contributed by atoms with E-state index in [1.54, 1.807) is 38.4 Å². The fourth-order valence-corrected chi connectivity index (χ4v) is 3.27. The molecule has 1 amide bonds. The molecule has 2 aliphatic heterocycles. The number of benzene rings is 1. The van der Waals surface area contributed by atoms with Gasteiger partial charge in [-0.3, -0.25) is 14.7 Å². The van der Waals surface area contributed by atoms with Gasteiger partial charge in [-0.25, -0.2) is 0 Å². The summed E-state index contributed by atoms with van der Waals surface area (Å²) in [6, 6.07) is 3.37. The van der Waals surface area contributed by atoms with Gasteiger partial charge in [0.1, 0.15) is 0 Å². The van der Waals surface area contributed by atoms with Crippen molar-refractivity contribution < 1.29 is 19.0 Å². The largest absolute Gasteiger partial charge is 0.493 e.